The van der Waals surface area contributed by atoms with Gasteiger partial charge in [0.2, 0.25) is 5.91 Å². The van der Waals surface area contributed by atoms with E-state index in [4.69, 9.17) is 23.2 Å². The maximum Gasteiger partial charge on any atom is 0.223 e. The lowest BCUT2D eigenvalue weighted by atomic mass is 9.99. The van der Waals surface area contributed by atoms with Crippen molar-refractivity contribution in [3.63, 3.8) is 0 Å². The number of carbonyl (C=O) groups is 1. The fourth-order valence-corrected chi connectivity index (χ4v) is 4.45. The van der Waals surface area contributed by atoms with Gasteiger partial charge in [-0.25, -0.2) is 0 Å². The van der Waals surface area contributed by atoms with Crippen LogP contribution in [0.1, 0.15) is 31.0 Å². The Labute approximate surface area is 155 Å². The summed E-state index contributed by atoms with van der Waals surface area (Å²) in [5.74, 6) is -0.134. The fourth-order valence-electron chi connectivity index (χ4n) is 2.80. The van der Waals surface area contributed by atoms with Crippen molar-refractivity contribution in [2.45, 2.75) is 26.3 Å². The van der Waals surface area contributed by atoms with Crippen LogP contribution in [0.2, 0.25) is 8.67 Å². The average Bonchev–Trinajstić information content (AvgIpc) is 3.10. The number of fused-ring (bicyclic) bond motifs is 1. The van der Waals surface area contributed by atoms with Crippen LogP contribution < -0.4 is 5.32 Å². The fraction of sp³-hybridized carbons (Fsp3) is 0.278. The van der Waals surface area contributed by atoms with E-state index in [2.05, 4.69) is 16.4 Å². The molecule has 3 nitrogen and oxygen atoms in total. The minimum atomic E-state index is -0.167. The van der Waals surface area contributed by atoms with Crippen molar-refractivity contribution in [3.05, 3.63) is 56.3 Å². The quantitative estimate of drug-likeness (QED) is 0.594. The third-order valence-corrected chi connectivity index (χ3v) is 5.67. The Hall–Kier alpha value is -1.49. The van der Waals surface area contributed by atoms with Crippen molar-refractivity contribution in [1.82, 2.24) is 10.3 Å². The van der Waals surface area contributed by atoms with Crippen molar-refractivity contribution in [1.29, 1.82) is 0 Å². The van der Waals surface area contributed by atoms with Crippen LogP contribution in [0, 0.1) is 5.92 Å². The summed E-state index contributed by atoms with van der Waals surface area (Å²) in [6.45, 7) is 3.85. The lowest BCUT2D eigenvalue weighted by molar-refractivity contribution is -0.125. The molecule has 0 radical (unpaired) electrons. The molecule has 2 aromatic heterocycles. The van der Waals surface area contributed by atoms with Gasteiger partial charge in [-0.3, -0.25) is 4.79 Å². The van der Waals surface area contributed by atoms with Gasteiger partial charge in [0.1, 0.15) is 0 Å². The molecule has 2 N–H and O–H groups in total. The number of thiophene rings is 1. The first-order valence-corrected chi connectivity index (χ1v) is 9.33. The van der Waals surface area contributed by atoms with Crippen LogP contribution in [0.25, 0.3) is 10.9 Å². The lowest BCUT2D eigenvalue weighted by Gasteiger charge is -2.17. The average molecular weight is 381 g/mol. The second kappa shape index (κ2) is 7.18. The summed E-state index contributed by atoms with van der Waals surface area (Å²) in [5, 5.41) is 4.19. The van der Waals surface area contributed by atoms with Gasteiger partial charge in [-0.05, 0) is 31.0 Å². The third-order valence-electron chi connectivity index (χ3n) is 4.16. The first kappa shape index (κ1) is 17.3. The molecule has 1 amide bonds. The van der Waals surface area contributed by atoms with Crippen molar-refractivity contribution >= 4 is 51.3 Å². The van der Waals surface area contributed by atoms with E-state index < -0.39 is 0 Å². The van der Waals surface area contributed by atoms with Gasteiger partial charge in [0.05, 0.1) is 14.7 Å². The number of H-pyrrole nitrogens is 1. The minimum absolute atomic E-state index is 0.00571. The molecule has 3 aromatic rings. The van der Waals surface area contributed by atoms with Crippen molar-refractivity contribution in [2.75, 3.05) is 0 Å². The van der Waals surface area contributed by atoms with E-state index in [-0.39, 0.29) is 17.9 Å². The molecule has 3 rings (SSSR count). The Morgan fingerprint density at radius 2 is 2.04 bits per heavy atom. The predicted octanol–water partition coefficient (Wildman–Crippen LogP) is 5.59. The number of aromatic nitrogens is 1. The molecule has 6 heteroatoms. The van der Waals surface area contributed by atoms with E-state index in [0.717, 1.165) is 22.0 Å². The second-order valence-electron chi connectivity index (χ2n) is 5.97. The first-order chi connectivity index (χ1) is 11.5. The maximum atomic E-state index is 12.5. The number of aromatic amines is 1. The number of carbonyl (C=O) groups excluding carboxylic acids is 1. The zero-order chi connectivity index (χ0) is 17.3. The Bertz CT molecular complexity index is 871. The summed E-state index contributed by atoms with van der Waals surface area (Å²) >= 11 is 13.5. The highest BCUT2D eigenvalue weighted by atomic mass is 35.5. The molecule has 0 aliphatic carbocycles. The van der Waals surface area contributed by atoms with E-state index in [9.17, 15) is 4.79 Å². The molecule has 0 saturated carbocycles. The third kappa shape index (κ3) is 3.61. The van der Waals surface area contributed by atoms with Gasteiger partial charge in [-0.2, -0.15) is 0 Å². The molecule has 0 spiro atoms. The summed E-state index contributed by atoms with van der Waals surface area (Å²) in [4.78, 5) is 15.8. The molecule has 0 aliphatic rings. The zero-order valence-electron chi connectivity index (χ0n) is 13.4. The van der Waals surface area contributed by atoms with E-state index in [0.29, 0.717) is 15.1 Å². The Morgan fingerprint density at radius 1 is 1.29 bits per heavy atom. The second-order valence-corrected chi connectivity index (χ2v) is 8.26. The number of halogens is 2. The predicted molar refractivity (Wildman–Crippen MR) is 102 cm³/mol. The molecule has 0 fully saturated rings. The van der Waals surface area contributed by atoms with E-state index in [1.54, 1.807) is 0 Å². The molecule has 1 aromatic carbocycles. The molecule has 0 aliphatic heterocycles. The van der Waals surface area contributed by atoms with Crippen LogP contribution in [0.15, 0.2) is 36.5 Å². The van der Waals surface area contributed by atoms with Gasteiger partial charge in [-0.1, -0.05) is 48.3 Å². The van der Waals surface area contributed by atoms with E-state index >= 15 is 0 Å². The normalized spacial score (nSPS) is 13.8. The molecule has 2 heterocycles. The zero-order valence-corrected chi connectivity index (χ0v) is 15.7. The van der Waals surface area contributed by atoms with Crippen LogP contribution >= 0.6 is 34.5 Å². The van der Waals surface area contributed by atoms with Crippen molar-refractivity contribution in [2.24, 2.45) is 5.92 Å². The Kier molecular flexibility index (Phi) is 5.18. The standard InChI is InChI=1S/C18H18Cl2N2OS/c1-10(7-12-9-21-15-6-4-3-5-13(12)15)18(23)22-11(2)14-8-16(19)24-17(14)20/h3-6,8-11,21H,7H2,1-2H3,(H,22,23). The topological polar surface area (TPSA) is 44.9 Å². The number of hydrogen-bond donors (Lipinski definition) is 2. The number of nitrogens with one attached hydrogen (secondary N) is 2. The van der Waals surface area contributed by atoms with Crippen LogP contribution in [0.5, 0.6) is 0 Å². The number of benzene rings is 1. The largest absolute Gasteiger partial charge is 0.361 e. The lowest BCUT2D eigenvalue weighted by Crippen LogP contribution is -2.32. The molecular formula is C18H18Cl2N2OS. The van der Waals surface area contributed by atoms with Gasteiger partial charge in [0, 0.05) is 28.6 Å². The van der Waals surface area contributed by atoms with Crippen molar-refractivity contribution in [3.8, 4) is 0 Å². The maximum absolute atomic E-state index is 12.5. The van der Waals surface area contributed by atoms with E-state index in [1.807, 2.05) is 44.3 Å². The smallest absolute Gasteiger partial charge is 0.223 e. The number of para-hydroxylation sites is 1. The molecule has 2 unspecified atom stereocenters. The highest BCUT2D eigenvalue weighted by Crippen LogP contribution is 2.35. The highest BCUT2D eigenvalue weighted by Gasteiger charge is 2.20. The molecule has 0 saturated heterocycles. The molecular weight excluding hydrogens is 363 g/mol. The van der Waals surface area contributed by atoms with Crippen LogP contribution in [-0.4, -0.2) is 10.9 Å². The SMILES string of the molecule is CC(Cc1c[nH]c2ccccc12)C(=O)NC(C)c1cc(Cl)sc1Cl. The van der Waals surface area contributed by atoms with Crippen LogP contribution in [0.3, 0.4) is 0 Å². The minimum Gasteiger partial charge on any atom is -0.361 e. The van der Waals surface area contributed by atoms with Gasteiger partial charge < -0.3 is 10.3 Å². The van der Waals surface area contributed by atoms with Gasteiger partial charge in [0.15, 0.2) is 0 Å². The van der Waals surface area contributed by atoms with E-state index in [1.165, 1.54) is 11.3 Å². The molecule has 0 bridgehead atoms. The van der Waals surface area contributed by atoms with Gasteiger partial charge >= 0.3 is 0 Å². The Balaban J connectivity index is 1.67. The molecule has 24 heavy (non-hydrogen) atoms. The summed E-state index contributed by atoms with van der Waals surface area (Å²) in [5.41, 5.74) is 3.10. The molecule has 2 atom stereocenters. The number of amides is 1. The van der Waals surface area contributed by atoms with Crippen LogP contribution in [-0.2, 0) is 11.2 Å². The van der Waals surface area contributed by atoms with Gasteiger partial charge in [-0.15, -0.1) is 11.3 Å². The summed E-state index contributed by atoms with van der Waals surface area (Å²) in [7, 11) is 0. The number of rotatable bonds is 5. The summed E-state index contributed by atoms with van der Waals surface area (Å²) in [6.07, 6.45) is 2.66. The van der Waals surface area contributed by atoms with Gasteiger partial charge in [0.25, 0.3) is 0 Å². The highest BCUT2D eigenvalue weighted by molar-refractivity contribution is 7.20. The molecule has 126 valence electrons. The van der Waals surface area contributed by atoms with Crippen molar-refractivity contribution < 1.29 is 4.79 Å². The Morgan fingerprint density at radius 3 is 2.75 bits per heavy atom. The monoisotopic (exact) mass is 380 g/mol. The number of hydrogen-bond acceptors (Lipinski definition) is 2. The summed E-state index contributed by atoms with van der Waals surface area (Å²) in [6, 6.07) is 9.75. The van der Waals surface area contributed by atoms with Crippen LogP contribution in [0.4, 0.5) is 0 Å². The first-order valence-electron chi connectivity index (χ1n) is 7.75. The summed E-state index contributed by atoms with van der Waals surface area (Å²) < 4.78 is 1.25.